The highest BCUT2D eigenvalue weighted by Crippen LogP contribution is 2.45. The molecule has 4 aromatic rings. The molecule has 9 heteroatoms. The fourth-order valence-electron chi connectivity index (χ4n) is 4.36. The molecule has 0 aliphatic heterocycles. The molecule has 2 aromatic carbocycles. The van der Waals surface area contributed by atoms with Crippen molar-refractivity contribution in [2.75, 3.05) is 23.3 Å². The van der Waals surface area contributed by atoms with Gasteiger partial charge in [-0.15, -0.1) is 0 Å². The van der Waals surface area contributed by atoms with E-state index in [2.05, 4.69) is 19.3 Å². The van der Waals surface area contributed by atoms with Crippen LogP contribution < -0.4 is 19.9 Å². The molecule has 1 fully saturated rings. The van der Waals surface area contributed by atoms with E-state index in [0.717, 1.165) is 52.8 Å². The highest BCUT2D eigenvalue weighted by atomic mass is 32.2. The lowest BCUT2D eigenvalue weighted by atomic mass is 9.92. The molecule has 182 valence electrons. The van der Waals surface area contributed by atoms with Crippen molar-refractivity contribution in [3.8, 4) is 28.9 Å². The van der Waals surface area contributed by atoms with Crippen molar-refractivity contribution in [1.82, 2.24) is 14.5 Å². The van der Waals surface area contributed by atoms with Crippen LogP contribution in [-0.4, -0.2) is 32.0 Å². The van der Waals surface area contributed by atoms with Gasteiger partial charge in [-0.2, -0.15) is 4.98 Å². The van der Waals surface area contributed by atoms with E-state index in [-0.39, 0.29) is 6.01 Å². The number of ether oxygens (including phenoxy) is 2. The monoisotopic (exact) mass is 491 g/mol. The van der Waals surface area contributed by atoms with Crippen LogP contribution in [-0.2, 0) is 11.4 Å². The maximum absolute atomic E-state index is 12.1. The SMILES string of the molecule is CCC[S+]([O-])Nc1ccc(-c2c(N)c3ccc(Oc4nccc(OC)n4)cc3n2C2CCC2)cc1. The van der Waals surface area contributed by atoms with Crippen molar-refractivity contribution in [2.24, 2.45) is 0 Å². The molecule has 2 heterocycles. The number of fused-ring (bicyclic) bond motifs is 1. The highest BCUT2D eigenvalue weighted by molar-refractivity contribution is 7.92. The minimum atomic E-state index is -1.08. The van der Waals surface area contributed by atoms with Gasteiger partial charge < -0.3 is 24.3 Å². The maximum Gasteiger partial charge on any atom is 0.325 e. The van der Waals surface area contributed by atoms with Gasteiger partial charge in [0.2, 0.25) is 5.88 Å². The number of rotatable bonds is 9. The number of benzene rings is 2. The second kappa shape index (κ2) is 10.1. The third-order valence-corrected chi connectivity index (χ3v) is 7.50. The van der Waals surface area contributed by atoms with Crippen molar-refractivity contribution in [1.29, 1.82) is 0 Å². The molecule has 1 unspecified atom stereocenters. The quantitative estimate of drug-likeness (QED) is 0.289. The van der Waals surface area contributed by atoms with Crippen LogP contribution in [0.25, 0.3) is 22.2 Å². The maximum atomic E-state index is 12.1. The number of methoxy groups -OCH3 is 1. The summed E-state index contributed by atoms with van der Waals surface area (Å²) in [7, 11) is 1.56. The Bertz CT molecular complexity index is 1320. The molecule has 5 rings (SSSR count). The van der Waals surface area contributed by atoms with Gasteiger partial charge in [0.25, 0.3) is 0 Å². The lowest BCUT2D eigenvalue weighted by molar-refractivity contribution is 0.324. The predicted molar refractivity (Wildman–Crippen MR) is 140 cm³/mol. The Morgan fingerprint density at radius 2 is 1.97 bits per heavy atom. The Hall–Kier alpha value is -3.43. The van der Waals surface area contributed by atoms with Gasteiger partial charge in [-0.3, -0.25) is 0 Å². The standard InChI is InChI=1S/C26H29N5O3S/c1-3-15-35(32)30-18-9-7-17(8-10-18)25-24(27)21-12-11-20(16-22(21)31(25)19-5-4-6-19)34-26-28-14-13-23(29-26)33-2/h7-14,16,19,30H,3-6,15,27H2,1-2H3. The van der Waals surface area contributed by atoms with Gasteiger partial charge in [-0.25, -0.2) is 9.71 Å². The highest BCUT2D eigenvalue weighted by Gasteiger charge is 2.27. The first-order valence-corrected chi connectivity index (χ1v) is 13.1. The number of hydrogen-bond donors (Lipinski definition) is 2. The molecule has 0 saturated heterocycles. The van der Waals surface area contributed by atoms with Gasteiger partial charge in [0.1, 0.15) is 11.5 Å². The van der Waals surface area contributed by atoms with Crippen molar-refractivity contribution in [3.05, 3.63) is 54.7 Å². The van der Waals surface area contributed by atoms with Gasteiger partial charge in [0, 0.05) is 35.3 Å². The molecule has 1 saturated carbocycles. The van der Waals surface area contributed by atoms with Crippen LogP contribution in [0.3, 0.4) is 0 Å². The van der Waals surface area contributed by atoms with Crippen LogP contribution in [0, 0.1) is 0 Å². The average Bonchev–Trinajstić information content (AvgIpc) is 3.10. The topological polar surface area (TPSA) is 110 Å². The van der Waals surface area contributed by atoms with E-state index in [4.69, 9.17) is 15.2 Å². The summed E-state index contributed by atoms with van der Waals surface area (Å²) in [5, 5.41) is 0.983. The predicted octanol–water partition coefficient (Wildman–Crippen LogP) is 5.69. The summed E-state index contributed by atoms with van der Waals surface area (Å²) in [6, 6.07) is 16.1. The largest absolute Gasteiger partial charge is 0.593 e. The first-order valence-electron chi connectivity index (χ1n) is 11.8. The molecule has 1 aliphatic carbocycles. The summed E-state index contributed by atoms with van der Waals surface area (Å²) in [5.74, 6) is 1.70. The molecule has 0 spiro atoms. The molecular weight excluding hydrogens is 462 g/mol. The lowest BCUT2D eigenvalue weighted by Gasteiger charge is -2.30. The third kappa shape index (κ3) is 4.74. The van der Waals surface area contributed by atoms with E-state index in [0.29, 0.717) is 23.4 Å². The number of aromatic nitrogens is 3. The van der Waals surface area contributed by atoms with Gasteiger partial charge in [0.15, 0.2) is 0 Å². The molecule has 2 aromatic heterocycles. The summed E-state index contributed by atoms with van der Waals surface area (Å²) in [6.07, 6.45) is 5.88. The Balaban J connectivity index is 1.52. The normalized spacial score (nSPS) is 14.5. The second-order valence-corrected chi connectivity index (χ2v) is 9.91. The van der Waals surface area contributed by atoms with E-state index >= 15 is 0 Å². The number of anilines is 2. The van der Waals surface area contributed by atoms with E-state index in [1.54, 1.807) is 19.4 Å². The number of nitrogen functional groups attached to an aromatic ring is 1. The Kier molecular flexibility index (Phi) is 6.70. The average molecular weight is 492 g/mol. The summed E-state index contributed by atoms with van der Waals surface area (Å²) >= 11 is -1.08. The van der Waals surface area contributed by atoms with E-state index in [1.807, 2.05) is 49.4 Å². The fraction of sp³-hybridized carbons (Fsp3) is 0.308. The molecule has 35 heavy (non-hydrogen) atoms. The van der Waals surface area contributed by atoms with Crippen LogP contribution in [0.4, 0.5) is 11.4 Å². The van der Waals surface area contributed by atoms with Crippen LogP contribution in [0.2, 0.25) is 0 Å². The van der Waals surface area contributed by atoms with Gasteiger partial charge >= 0.3 is 6.01 Å². The molecule has 8 nitrogen and oxygen atoms in total. The van der Waals surface area contributed by atoms with Gasteiger partial charge in [-0.05, 0) is 49.9 Å². The number of nitrogens with two attached hydrogens (primary N) is 1. The van der Waals surface area contributed by atoms with Crippen LogP contribution >= 0.6 is 0 Å². The minimum absolute atomic E-state index is 0.224. The number of nitrogens with one attached hydrogen (secondary N) is 1. The van der Waals surface area contributed by atoms with E-state index in [9.17, 15) is 4.55 Å². The van der Waals surface area contributed by atoms with Crippen molar-refractivity contribution < 1.29 is 14.0 Å². The van der Waals surface area contributed by atoms with E-state index < -0.39 is 11.4 Å². The molecule has 0 bridgehead atoms. The van der Waals surface area contributed by atoms with Crippen molar-refractivity contribution in [2.45, 2.75) is 38.6 Å². The summed E-state index contributed by atoms with van der Waals surface area (Å²) in [4.78, 5) is 8.43. The summed E-state index contributed by atoms with van der Waals surface area (Å²) < 4.78 is 28.6. The van der Waals surface area contributed by atoms with Gasteiger partial charge in [0.05, 0.1) is 41.1 Å². The zero-order valence-electron chi connectivity index (χ0n) is 19.9. The molecule has 3 N–H and O–H groups in total. The molecule has 0 amide bonds. The second-order valence-electron chi connectivity index (χ2n) is 8.61. The van der Waals surface area contributed by atoms with Crippen molar-refractivity contribution in [3.63, 3.8) is 0 Å². The first-order chi connectivity index (χ1) is 17.1. The Labute approximate surface area is 207 Å². The summed E-state index contributed by atoms with van der Waals surface area (Å²) in [5.41, 5.74) is 11.3. The van der Waals surface area contributed by atoms with Crippen LogP contribution in [0.5, 0.6) is 17.6 Å². The number of hydrogen-bond acceptors (Lipinski definition) is 7. The Morgan fingerprint density at radius 1 is 1.17 bits per heavy atom. The lowest BCUT2D eigenvalue weighted by Crippen LogP contribution is -2.18. The zero-order chi connectivity index (χ0) is 24.4. The Morgan fingerprint density at radius 3 is 2.66 bits per heavy atom. The number of nitrogens with zero attached hydrogens (tertiary/aromatic N) is 3. The van der Waals surface area contributed by atoms with Crippen LogP contribution in [0.15, 0.2) is 54.7 Å². The third-order valence-electron chi connectivity index (χ3n) is 6.26. The minimum Gasteiger partial charge on any atom is -0.593 e. The summed E-state index contributed by atoms with van der Waals surface area (Å²) in [6.45, 7) is 2.02. The molecule has 1 aliphatic rings. The van der Waals surface area contributed by atoms with E-state index in [1.165, 1.54) is 6.42 Å². The van der Waals surface area contributed by atoms with Crippen molar-refractivity contribution >= 4 is 33.6 Å². The molecule has 0 radical (unpaired) electrons. The van der Waals surface area contributed by atoms with Gasteiger partial charge in [-0.1, -0.05) is 19.1 Å². The zero-order valence-corrected chi connectivity index (χ0v) is 20.7. The first kappa shape index (κ1) is 23.3. The fourth-order valence-corrected chi connectivity index (χ4v) is 5.23. The molecule has 1 atom stereocenters. The van der Waals surface area contributed by atoms with Crippen LogP contribution in [0.1, 0.15) is 38.6 Å². The smallest absolute Gasteiger partial charge is 0.325 e. The molecular formula is C26H29N5O3S.